The summed E-state index contributed by atoms with van der Waals surface area (Å²) in [5, 5.41) is 12.0. The van der Waals surface area contributed by atoms with Crippen LogP contribution in [0.4, 0.5) is 15.8 Å². The largest absolute Gasteiger partial charge is 0.476 e. The second-order valence-electron chi connectivity index (χ2n) is 17.0. The van der Waals surface area contributed by atoms with Crippen molar-refractivity contribution >= 4 is 103 Å². The number of halogens is 3. The maximum Gasteiger partial charge on any atom is 0.262 e. The Bertz CT molecular complexity index is 2390. The summed E-state index contributed by atoms with van der Waals surface area (Å²) >= 11 is 9.06. The van der Waals surface area contributed by atoms with Crippen molar-refractivity contribution < 1.29 is 33.1 Å². The van der Waals surface area contributed by atoms with Gasteiger partial charge in [-0.05, 0) is 151 Å². The zero-order valence-electron chi connectivity index (χ0n) is 34.8. The molecule has 15 nitrogen and oxygen atoms in total. The van der Waals surface area contributed by atoms with Crippen molar-refractivity contribution in [2.75, 3.05) is 68.8 Å². The van der Waals surface area contributed by atoms with Gasteiger partial charge in [0, 0.05) is 75.7 Å². The van der Waals surface area contributed by atoms with Gasteiger partial charge in [-0.25, -0.2) is 9.37 Å². The Hall–Kier alpha value is -4.37. The van der Waals surface area contributed by atoms with E-state index >= 15 is 4.39 Å². The van der Waals surface area contributed by atoms with Gasteiger partial charge in [-0.1, -0.05) is 6.07 Å². The van der Waals surface area contributed by atoms with Crippen molar-refractivity contribution in [1.29, 1.82) is 5.26 Å². The molecule has 1 N–H and O–H groups in total. The van der Waals surface area contributed by atoms with Crippen LogP contribution < -0.4 is 19.9 Å². The highest BCUT2D eigenvalue weighted by molar-refractivity contribution is 14.2. The van der Waals surface area contributed by atoms with Gasteiger partial charge in [0.1, 0.15) is 18.2 Å². The number of hydrogen-bond acceptors (Lipinski definition) is 12. The summed E-state index contributed by atoms with van der Waals surface area (Å²) in [5.41, 5.74) is 2.10. The lowest BCUT2D eigenvalue weighted by molar-refractivity contribution is -0.136. The van der Waals surface area contributed by atoms with Gasteiger partial charge in [0.25, 0.3) is 17.7 Å². The zero-order valence-corrected chi connectivity index (χ0v) is 40.0. The first-order valence-corrected chi connectivity index (χ1v) is 23.5. The van der Waals surface area contributed by atoms with Crippen LogP contribution in [-0.4, -0.2) is 130 Å². The molecule has 6 heterocycles. The summed E-state index contributed by atoms with van der Waals surface area (Å²) in [7, 11) is 0. The topological polar surface area (TPSA) is 163 Å². The fourth-order valence-electron chi connectivity index (χ4n) is 8.99. The van der Waals surface area contributed by atoms with E-state index in [1.165, 1.54) is 17.0 Å². The average Bonchev–Trinajstić information content (AvgIpc) is 3.60. The van der Waals surface area contributed by atoms with Crippen molar-refractivity contribution in [3.8, 4) is 11.9 Å². The van der Waals surface area contributed by atoms with E-state index in [4.69, 9.17) is 17.0 Å². The molecule has 2 aromatic carbocycles. The van der Waals surface area contributed by atoms with Crippen LogP contribution in [0.3, 0.4) is 0 Å². The fraction of sp³-hybridized carbons (Fsp3) is 0.455. The highest BCUT2D eigenvalue weighted by Crippen LogP contribution is 2.44. The lowest BCUT2D eigenvalue weighted by Crippen LogP contribution is -2.54. The zero-order chi connectivity index (χ0) is 44.8. The number of piperidine rings is 2. The van der Waals surface area contributed by atoms with E-state index in [1.54, 1.807) is 83.4 Å². The Kier molecular flexibility index (Phi) is 13.1. The minimum atomic E-state index is -1.84. The predicted molar refractivity (Wildman–Crippen MR) is 252 cm³/mol. The van der Waals surface area contributed by atoms with Crippen LogP contribution in [0.25, 0.3) is 0 Å². The van der Waals surface area contributed by atoms with Gasteiger partial charge in [-0.2, -0.15) is 5.26 Å². The molecule has 0 spiro atoms. The molecule has 0 aliphatic carbocycles. The fourth-order valence-corrected chi connectivity index (χ4v) is 10.4. The molecular weight excluding hydrogens is 1060 g/mol. The van der Waals surface area contributed by atoms with Crippen LogP contribution in [-0.2, 0) is 22.6 Å². The lowest BCUT2D eigenvalue weighted by Gasteiger charge is -2.39. The minimum absolute atomic E-state index is 0.0859. The number of nitriles is 1. The molecule has 3 aromatic rings. The first kappa shape index (κ1) is 45.2. The molecule has 5 aliphatic heterocycles. The molecule has 19 heteroatoms. The van der Waals surface area contributed by atoms with Crippen molar-refractivity contribution in [3.63, 3.8) is 0 Å². The van der Waals surface area contributed by atoms with Crippen molar-refractivity contribution in [2.45, 2.75) is 59.3 Å². The molecule has 0 saturated carbocycles. The second kappa shape index (κ2) is 18.3. The van der Waals surface area contributed by atoms with E-state index in [0.29, 0.717) is 36.2 Å². The Balaban J connectivity index is 0.759. The smallest absolute Gasteiger partial charge is 0.262 e. The molecular formula is C44H46FI2N9O6S. The van der Waals surface area contributed by atoms with Gasteiger partial charge >= 0.3 is 0 Å². The molecule has 4 saturated heterocycles. The number of hydrogen-bond donors (Lipinski definition) is 1. The molecule has 1 unspecified atom stereocenters. The van der Waals surface area contributed by atoms with Crippen molar-refractivity contribution in [3.05, 3.63) is 82.5 Å². The third kappa shape index (κ3) is 9.28. The number of rotatable bonds is 12. The first-order chi connectivity index (χ1) is 30.0. The van der Waals surface area contributed by atoms with Gasteiger partial charge in [-0.15, -0.1) is 0 Å². The number of amides is 5. The number of likely N-dealkylation sites (tertiary alicyclic amines) is 1. The Morgan fingerprint density at radius 2 is 1.63 bits per heavy atom. The number of anilines is 2. The number of nitrogens with one attached hydrogen (secondary N) is 1. The molecule has 330 valence electrons. The Morgan fingerprint density at radius 1 is 0.921 bits per heavy atom. The Labute approximate surface area is 397 Å². The van der Waals surface area contributed by atoms with Gasteiger partial charge in [0.2, 0.25) is 19.4 Å². The number of carbonyl (C=O) groups is 5. The number of fused-ring (bicyclic) bond motifs is 1. The lowest BCUT2D eigenvalue weighted by atomic mass is 9.96. The molecule has 1 aromatic heterocycles. The highest BCUT2D eigenvalue weighted by Gasteiger charge is 2.50. The van der Waals surface area contributed by atoms with Crippen LogP contribution in [0, 0.1) is 17.2 Å². The number of alkyl halides is 3. The van der Waals surface area contributed by atoms with E-state index < -0.39 is 36.9 Å². The molecule has 63 heavy (non-hydrogen) atoms. The maximum atomic E-state index is 15.0. The van der Waals surface area contributed by atoms with E-state index in [1.807, 2.05) is 29.2 Å². The van der Waals surface area contributed by atoms with Gasteiger partial charge in [-0.3, -0.25) is 48.9 Å². The summed E-state index contributed by atoms with van der Waals surface area (Å²) < 4.78 is 19.2. The molecule has 0 radical (unpaired) electrons. The van der Waals surface area contributed by atoms with Crippen LogP contribution in [0.2, 0.25) is 0 Å². The van der Waals surface area contributed by atoms with E-state index in [-0.39, 0.29) is 40.6 Å². The molecule has 8 rings (SSSR count). The number of pyridine rings is 1. The summed E-state index contributed by atoms with van der Waals surface area (Å²) in [4.78, 5) is 80.1. The maximum absolute atomic E-state index is 15.0. The van der Waals surface area contributed by atoms with Crippen LogP contribution >= 0.6 is 57.4 Å². The van der Waals surface area contributed by atoms with Crippen LogP contribution in [0.1, 0.15) is 76.9 Å². The summed E-state index contributed by atoms with van der Waals surface area (Å²) in [5.74, 6) is -1.13. The summed E-state index contributed by atoms with van der Waals surface area (Å²) in [6, 6.07) is 14.7. The third-order valence-corrected chi connectivity index (χ3v) is 14.3. The molecule has 4 fully saturated rings. The summed E-state index contributed by atoms with van der Waals surface area (Å²) in [6.45, 7) is 11.6. The van der Waals surface area contributed by atoms with Crippen molar-refractivity contribution in [1.82, 2.24) is 29.9 Å². The van der Waals surface area contributed by atoms with Crippen molar-refractivity contribution in [2.24, 2.45) is 5.92 Å². The standard InChI is InChI=1S/C44H46FI2N9O6S/c1-43(2)41(61)55(31-5-4-29(23-48)34(22-31)44(45,46)47)42(63)54(43)26-28-3-10-37(49-24-28)62-20-19-51-13-11-27(12-14-51)25-52-15-17-53(18-16-52)30-6-7-32-33(21-30)40(60)56(39(32)59)35-8-9-36(57)50-38(35)58/h3-7,10,21-22,24,27,35H,8-9,11-20,25-26H2,1-2H3,(H,50,57,58). The van der Waals surface area contributed by atoms with E-state index in [0.717, 1.165) is 81.4 Å². The monoisotopic (exact) mass is 1100 g/mol. The summed E-state index contributed by atoms with van der Waals surface area (Å²) in [6.07, 6.45) is 4.15. The number of benzene rings is 2. The minimum Gasteiger partial charge on any atom is -0.476 e. The second-order valence-corrected chi connectivity index (χ2v) is 22.4. The highest BCUT2D eigenvalue weighted by atomic mass is 127. The third-order valence-electron chi connectivity index (χ3n) is 12.7. The number of carbonyl (C=O) groups excluding carboxylic acids is 5. The number of nitrogens with zero attached hydrogens (tertiary/aromatic N) is 8. The van der Waals surface area contributed by atoms with Crippen LogP contribution in [0.15, 0.2) is 54.7 Å². The van der Waals surface area contributed by atoms with Gasteiger partial charge < -0.3 is 14.5 Å². The van der Waals surface area contributed by atoms with E-state index in [2.05, 4.69) is 25.0 Å². The molecule has 1 atom stereocenters. The number of ether oxygens (including phenoxy) is 1. The molecule has 0 bridgehead atoms. The number of aromatic nitrogens is 1. The Morgan fingerprint density at radius 3 is 2.30 bits per heavy atom. The van der Waals surface area contributed by atoms with Gasteiger partial charge in [0.15, 0.2) is 5.11 Å². The number of piperazine rings is 1. The molecule has 5 aliphatic rings. The van der Waals surface area contributed by atoms with Gasteiger partial charge in [0.05, 0.1) is 28.4 Å². The van der Waals surface area contributed by atoms with Crippen LogP contribution in [0.5, 0.6) is 5.88 Å². The average molecular weight is 1100 g/mol. The quantitative estimate of drug-likeness (QED) is 0.110. The first-order valence-electron chi connectivity index (χ1n) is 20.9. The van der Waals surface area contributed by atoms with E-state index in [9.17, 15) is 29.2 Å². The number of thiocarbonyl (C=S) groups is 1. The normalized spacial score (nSPS) is 21.3. The predicted octanol–water partition coefficient (Wildman–Crippen LogP) is 5.13. The SMILES string of the molecule is CC1(C)C(=O)N(c2ccc(C#N)c(C(F)(I)I)c2)C(=S)N1Cc1ccc(OCCN2CCC(CN3CCN(c4ccc5c(c4)C(=O)N(C4CCC(=O)NC4=O)C5=O)CC3)CC2)nc1. The number of imide groups is 2. The molecule has 5 amide bonds.